The monoisotopic (exact) mass is 330 g/mol. The largest absolute Gasteiger partial charge is 0.207 e. The molecule has 0 atom stereocenters. The van der Waals surface area contributed by atoms with Crippen LogP contribution in [0.25, 0.3) is 0 Å². The van der Waals surface area contributed by atoms with Crippen LogP contribution in [0.5, 0.6) is 0 Å². The summed E-state index contributed by atoms with van der Waals surface area (Å²) in [6.45, 7) is 2.30. The molecule has 0 bridgehead atoms. The molecule has 0 radical (unpaired) electrons. The highest BCUT2D eigenvalue weighted by atomic mass is 19.1. The van der Waals surface area contributed by atoms with E-state index in [2.05, 4.69) is 19.1 Å². The molecule has 0 nitrogen and oxygen atoms in total. The van der Waals surface area contributed by atoms with Crippen molar-refractivity contribution in [3.05, 3.63) is 35.6 Å². The summed E-state index contributed by atoms with van der Waals surface area (Å²) in [6, 6.07) is 7.57. The second-order valence-corrected chi connectivity index (χ2v) is 8.44. The molecule has 0 saturated heterocycles. The number of unbranched alkanes of at least 4 members (excludes halogenated alkanes) is 2. The summed E-state index contributed by atoms with van der Waals surface area (Å²) in [7, 11) is 0. The molecule has 3 rings (SSSR count). The third kappa shape index (κ3) is 4.03. The highest BCUT2D eigenvalue weighted by molar-refractivity contribution is 5.28. The number of benzene rings is 1. The molecular weight excluding hydrogens is 295 g/mol. The third-order valence-corrected chi connectivity index (χ3v) is 7.02. The van der Waals surface area contributed by atoms with E-state index >= 15 is 0 Å². The zero-order chi connectivity index (χ0) is 16.8. The summed E-state index contributed by atoms with van der Waals surface area (Å²) in [5, 5.41) is 0. The van der Waals surface area contributed by atoms with Gasteiger partial charge in [-0.1, -0.05) is 64.0 Å². The lowest BCUT2D eigenvalue weighted by Crippen LogP contribution is -2.40. The summed E-state index contributed by atoms with van der Waals surface area (Å²) in [6.07, 6.45) is 18.0. The van der Waals surface area contributed by atoms with Crippen molar-refractivity contribution in [3.8, 4) is 0 Å². The lowest BCUT2D eigenvalue weighted by molar-refractivity contribution is 0.120. The van der Waals surface area contributed by atoms with E-state index in [9.17, 15) is 4.39 Å². The highest BCUT2D eigenvalue weighted by Gasteiger charge is 2.43. The molecule has 0 aromatic heterocycles. The Morgan fingerprint density at radius 3 is 2.21 bits per heavy atom. The van der Waals surface area contributed by atoms with Crippen molar-refractivity contribution in [2.75, 3.05) is 0 Å². The van der Waals surface area contributed by atoms with Crippen molar-refractivity contribution in [1.29, 1.82) is 0 Å². The summed E-state index contributed by atoms with van der Waals surface area (Å²) in [5.41, 5.74) is 1.78. The van der Waals surface area contributed by atoms with Gasteiger partial charge in [0.25, 0.3) is 0 Å². The molecule has 2 saturated carbocycles. The number of halogens is 1. The molecule has 0 aliphatic heterocycles. The van der Waals surface area contributed by atoms with Gasteiger partial charge < -0.3 is 0 Å². The van der Waals surface area contributed by atoms with Crippen LogP contribution in [0.1, 0.15) is 96.0 Å². The predicted octanol–water partition coefficient (Wildman–Crippen LogP) is 7.41. The van der Waals surface area contributed by atoms with Gasteiger partial charge >= 0.3 is 0 Å². The maximum atomic E-state index is 13.5. The Kier molecular flexibility index (Phi) is 6.36. The van der Waals surface area contributed by atoms with Gasteiger partial charge in [0, 0.05) is 0 Å². The molecule has 1 aromatic rings. The minimum atomic E-state index is -0.0919. The van der Waals surface area contributed by atoms with Crippen LogP contribution in [0.15, 0.2) is 24.3 Å². The van der Waals surface area contributed by atoms with Crippen molar-refractivity contribution in [2.24, 2.45) is 11.8 Å². The van der Waals surface area contributed by atoms with Gasteiger partial charge in [-0.25, -0.2) is 4.39 Å². The van der Waals surface area contributed by atoms with E-state index in [0.717, 1.165) is 11.8 Å². The van der Waals surface area contributed by atoms with Gasteiger partial charge in [-0.2, -0.15) is 0 Å². The molecule has 2 fully saturated rings. The Labute approximate surface area is 148 Å². The summed E-state index contributed by atoms with van der Waals surface area (Å²) in [5.74, 6) is 1.67. The van der Waals surface area contributed by atoms with Gasteiger partial charge in [0.2, 0.25) is 0 Å². The summed E-state index contributed by atoms with van der Waals surface area (Å²) < 4.78 is 13.5. The second kappa shape index (κ2) is 8.50. The Morgan fingerprint density at radius 1 is 0.917 bits per heavy atom. The molecule has 134 valence electrons. The SMILES string of the molecule is CCCCCC1CCC(c2ccc(F)cc2)(C2CCCCC2)CC1. The van der Waals surface area contributed by atoms with E-state index in [1.165, 1.54) is 89.0 Å². The molecule has 24 heavy (non-hydrogen) atoms. The molecule has 1 aromatic carbocycles. The van der Waals surface area contributed by atoms with E-state index in [0.29, 0.717) is 5.41 Å². The van der Waals surface area contributed by atoms with Gasteiger partial charge in [-0.05, 0) is 73.5 Å². The van der Waals surface area contributed by atoms with Crippen LogP contribution in [0.3, 0.4) is 0 Å². The average Bonchev–Trinajstić information content (AvgIpc) is 2.64. The molecule has 0 heterocycles. The Balaban J connectivity index is 1.73. The Bertz CT molecular complexity index is 475. The zero-order valence-corrected chi connectivity index (χ0v) is 15.5. The predicted molar refractivity (Wildman–Crippen MR) is 101 cm³/mol. The average molecular weight is 331 g/mol. The molecule has 2 aliphatic carbocycles. The van der Waals surface area contributed by atoms with Gasteiger partial charge in [0.1, 0.15) is 5.82 Å². The lowest BCUT2D eigenvalue weighted by atomic mass is 9.57. The van der Waals surface area contributed by atoms with Crippen LogP contribution in [-0.2, 0) is 5.41 Å². The fourth-order valence-electron chi connectivity index (χ4n) is 5.53. The van der Waals surface area contributed by atoms with Crippen LogP contribution in [0.2, 0.25) is 0 Å². The van der Waals surface area contributed by atoms with Crippen LogP contribution >= 0.6 is 0 Å². The fraction of sp³-hybridized carbons (Fsp3) is 0.739. The normalized spacial score (nSPS) is 28.8. The van der Waals surface area contributed by atoms with Gasteiger partial charge in [-0.15, -0.1) is 0 Å². The minimum absolute atomic E-state index is 0.0919. The topological polar surface area (TPSA) is 0 Å². The minimum Gasteiger partial charge on any atom is -0.207 e. The summed E-state index contributed by atoms with van der Waals surface area (Å²) in [4.78, 5) is 0. The molecule has 0 spiro atoms. The maximum absolute atomic E-state index is 13.5. The Morgan fingerprint density at radius 2 is 1.58 bits per heavy atom. The van der Waals surface area contributed by atoms with E-state index in [-0.39, 0.29) is 5.82 Å². The number of hydrogen-bond acceptors (Lipinski definition) is 0. The van der Waals surface area contributed by atoms with E-state index in [4.69, 9.17) is 0 Å². The van der Waals surface area contributed by atoms with Gasteiger partial charge in [0.05, 0.1) is 0 Å². The number of rotatable bonds is 6. The first-order chi connectivity index (χ1) is 11.7. The van der Waals surface area contributed by atoms with E-state index in [1.807, 2.05) is 0 Å². The molecular formula is C23H35F. The van der Waals surface area contributed by atoms with Gasteiger partial charge in [0.15, 0.2) is 0 Å². The first-order valence-corrected chi connectivity index (χ1v) is 10.5. The molecule has 0 amide bonds. The maximum Gasteiger partial charge on any atom is 0.123 e. The van der Waals surface area contributed by atoms with Crippen molar-refractivity contribution < 1.29 is 4.39 Å². The van der Waals surface area contributed by atoms with Crippen molar-refractivity contribution in [2.45, 2.75) is 95.8 Å². The molecule has 1 heteroatoms. The van der Waals surface area contributed by atoms with Crippen LogP contribution in [0, 0.1) is 17.7 Å². The Hall–Kier alpha value is -0.850. The zero-order valence-electron chi connectivity index (χ0n) is 15.5. The van der Waals surface area contributed by atoms with Crippen LogP contribution in [0.4, 0.5) is 4.39 Å². The van der Waals surface area contributed by atoms with Crippen LogP contribution in [-0.4, -0.2) is 0 Å². The highest BCUT2D eigenvalue weighted by Crippen LogP contribution is 2.51. The molecule has 0 unspecified atom stereocenters. The number of hydrogen-bond donors (Lipinski definition) is 0. The fourth-order valence-corrected chi connectivity index (χ4v) is 5.53. The lowest BCUT2D eigenvalue weighted by Gasteiger charge is -2.48. The van der Waals surface area contributed by atoms with Gasteiger partial charge in [-0.3, -0.25) is 0 Å². The van der Waals surface area contributed by atoms with Crippen LogP contribution < -0.4 is 0 Å². The first kappa shape index (κ1) is 18.0. The molecule has 2 aliphatic rings. The van der Waals surface area contributed by atoms with E-state index < -0.39 is 0 Å². The van der Waals surface area contributed by atoms with E-state index in [1.54, 1.807) is 12.1 Å². The van der Waals surface area contributed by atoms with Crippen molar-refractivity contribution in [3.63, 3.8) is 0 Å². The standard InChI is InChI=1S/C23H35F/c1-2-3-5-8-19-15-17-23(18-16-19,20-9-6-4-7-10-20)21-11-13-22(24)14-12-21/h11-14,19-20H,2-10,15-18H2,1H3. The quantitative estimate of drug-likeness (QED) is 0.476. The second-order valence-electron chi connectivity index (χ2n) is 8.44. The smallest absolute Gasteiger partial charge is 0.123 e. The van der Waals surface area contributed by atoms with Crippen molar-refractivity contribution >= 4 is 0 Å². The molecule has 0 N–H and O–H groups in total. The third-order valence-electron chi connectivity index (χ3n) is 7.02. The summed E-state index contributed by atoms with van der Waals surface area (Å²) >= 11 is 0. The first-order valence-electron chi connectivity index (χ1n) is 10.5. The van der Waals surface area contributed by atoms with Crippen molar-refractivity contribution in [1.82, 2.24) is 0 Å².